The molecule has 2 amide bonds. The van der Waals surface area contributed by atoms with Gasteiger partial charge < -0.3 is 10.1 Å². The van der Waals surface area contributed by atoms with E-state index >= 15 is 0 Å². The Hall–Kier alpha value is -3.33. The highest BCUT2D eigenvalue weighted by Crippen LogP contribution is 2.29. The van der Waals surface area contributed by atoms with Crippen LogP contribution in [0, 0.1) is 0 Å². The Morgan fingerprint density at radius 3 is 2.86 bits per heavy atom. The average molecular weight is 409 g/mol. The smallest absolute Gasteiger partial charge is 0.252 e. The second-order valence-corrected chi connectivity index (χ2v) is 7.37. The molecule has 0 fully saturated rings. The van der Waals surface area contributed by atoms with Crippen LogP contribution in [0.2, 0.25) is 0 Å². The highest BCUT2D eigenvalue weighted by atomic mass is 32.2. The number of nitrogens with zero attached hydrogens (tertiary/aromatic N) is 3. The second-order valence-electron chi connectivity index (χ2n) is 6.43. The Labute approximate surface area is 171 Å². The number of aromatic nitrogens is 3. The monoisotopic (exact) mass is 409 g/mol. The van der Waals surface area contributed by atoms with Gasteiger partial charge in [-0.3, -0.25) is 14.9 Å². The second kappa shape index (κ2) is 8.36. The summed E-state index contributed by atoms with van der Waals surface area (Å²) in [4.78, 5) is 29.0. The van der Waals surface area contributed by atoms with E-state index in [1.165, 1.54) is 16.4 Å². The number of benzene rings is 2. The Kier molecular flexibility index (Phi) is 5.48. The van der Waals surface area contributed by atoms with Crippen LogP contribution in [0.15, 0.2) is 59.8 Å². The van der Waals surface area contributed by atoms with Crippen molar-refractivity contribution in [2.24, 2.45) is 0 Å². The fourth-order valence-corrected chi connectivity index (χ4v) is 3.75. The minimum Gasteiger partial charge on any atom is -0.497 e. The Morgan fingerprint density at radius 2 is 2.07 bits per heavy atom. The standard InChI is InChI=1S/C20H19N5O3S/c1-28-15-9-5-8-14(10-15)21-17(26)11-16-18(27)22-19-23-20(24-25(16)19)29-12-13-6-3-2-4-7-13/h2-10,16H,11-12H2,1H3,(H,21,26)(H,22,23,24,27)/t16-/m0/s1. The molecule has 0 radical (unpaired) electrons. The number of nitrogens with one attached hydrogen (secondary N) is 2. The lowest BCUT2D eigenvalue weighted by molar-refractivity contribution is -0.123. The van der Waals surface area contributed by atoms with E-state index in [4.69, 9.17) is 4.74 Å². The lowest BCUT2D eigenvalue weighted by Crippen LogP contribution is -2.23. The summed E-state index contributed by atoms with van der Waals surface area (Å²) in [6.07, 6.45) is -0.0395. The summed E-state index contributed by atoms with van der Waals surface area (Å²) in [5.41, 5.74) is 1.76. The zero-order valence-electron chi connectivity index (χ0n) is 15.7. The molecule has 1 atom stereocenters. The third kappa shape index (κ3) is 4.40. The van der Waals surface area contributed by atoms with Crippen molar-refractivity contribution >= 4 is 35.2 Å². The van der Waals surface area contributed by atoms with Gasteiger partial charge in [-0.05, 0) is 17.7 Å². The van der Waals surface area contributed by atoms with E-state index in [0.717, 1.165) is 11.3 Å². The molecule has 2 N–H and O–H groups in total. The predicted molar refractivity (Wildman–Crippen MR) is 110 cm³/mol. The Morgan fingerprint density at radius 1 is 1.24 bits per heavy atom. The molecule has 148 valence electrons. The molecule has 0 saturated carbocycles. The van der Waals surface area contributed by atoms with Crippen molar-refractivity contribution in [3.05, 3.63) is 60.2 Å². The van der Waals surface area contributed by atoms with Gasteiger partial charge in [0.1, 0.15) is 11.8 Å². The highest BCUT2D eigenvalue weighted by molar-refractivity contribution is 7.98. The number of thioether (sulfide) groups is 1. The van der Waals surface area contributed by atoms with Crippen molar-refractivity contribution in [2.75, 3.05) is 17.7 Å². The van der Waals surface area contributed by atoms with Crippen molar-refractivity contribution in [1.82, 2.24) is 14.8 Å². The summed E-state index contributed by atoms with van der Waals surface area (Å²) in [6, 6.07) is 16.3. The van der Waals surface area contributed by atoms with Crippen molar-refractivity contribution in [3.63, 3.8) is 0 Å². The van der Waals surface area contributed by atoms with Crippen LogP contribution in [-0.4, -0.2) is 33.7 Å². The van der Waals surface area contributed by atoms with Crippen LogP contribution in [0.25, 0.3) is 0 Å². The quantitative estimate of drug-likeness (QED) is 0.582. The van der Waals surface area contributed by atoms with Gasteiger partial charge in [0, 0.05) is 17.5 Å². The summed E-state index contributed by atoms with van der Waals surface area (Å²) < 4.78 is 6.64. The molecule has 2 heterocycles. The van der Waals surface area contributed by atoms with Crippen LogP contribution in [-0.2, 0) is 15.3 Å². The molecule has 0 spiro atoms. The third-order valence-corrected chi connectivity index (χ3v) is 5.30. The third-order valence-electron chi connectivity index (χ3n) is 4.39. The van der Waals surface area contributed by atoms with E-state index in [1.807, 2.05) is 30.3 Å². The SMILES string of the molecule is COc1cccc(NC(=O)C[C@H]2C(=O)Nc3nc(SCc4ccccc4)nn32)c1. The summed E-state index contributed by atoms with van der Waals surface area (Å²) in [5.74, 6) is 1.14. The summed E-state index contributed by atoms with van der Waals surface area (Å²) in [7, 11) is 1.56. The van der Waals surface area contributed by atoms with Crippen LogP contribution in [0.4, 0.5) is 11.6 Å². The van der Waals surface area contributed by atoms with E-state index in [1.54, 1.807) is 31.4 Å². The maximum atomic E-state index is 12.4. The van der Waals surface area contributed by atoms with Gasteiger partial charge in [0.25, 0.3) is 5.91 Å². The van der Waals surface area contributed by atoms with E-state index in [9.17, 15) is 9.59 Å². The van der Waals surface area contributed by atoms with E-state index in [-0.39, 0.29) is 18.2 Å². The van der Waals surface area contributed by atoms with E-state index < -0.39 is 6.04 Å². The number of methoxy groups -OCH3 is 1. The number of carbonyl (C=O) groups is 2. The van der Waals surface area contributed by atoms with Gasteiger partial charge in [0.05, 0.1) is 13.5 Å². The summed E-state index contributed by atoms with van der Waals surface area (Å²) in [5, 5.41) is 10.4. The number of rotatable bonds is 7. The lowest BCUT2D eigenvalue weighted by atomic mass is 10.2. The van der Waals surface area contributed by atoms with Crippen LogP contribution in [0.3, 0.4) is 0 Å². The number of carbonyl (C=O) groups excluding carboxylic acids is 2. The predicted octanol–water partition coefficient (Wildman–Crippen LogP) is 3.10. The van der Waals surface area contributed by atoms with Gasteiger partial charge in [0.15, 0.2) is 0 Å². The fraction of sp³-hybridized carbons (Fsp3) is 0.200. The average Bonchev–Trinajstić information content (AvgIpc) is 3.25. The number of fused-ring (bicyclic) bond motifs is 1. The zero-order chi connectivity index (χ0) is 20.2. The minimum atomic E-state index is -0.728. The number of ether oxygens (including phenoxy) is 1. The normalized spacial score (nSPS) is 14.9. The molecule has 0 aliphatic carbocycles. The largest absolute Gasteiger partial charge is 0.497 e. The van der Waals surface area contributed by atoms with E-state index in [2.05, 4.69) is 20.7 Å². The number of amides is 2. The molecule has 0 saturated heterocycles. The number of anilines is 2. The first-order valence-corrected chi connectivity index (χ1v) is 9.99. The van der Waals surface area contributed by atoms with Crippen LogP contribution < -0.4 is 15.4 Å². The summed E-state index contributed by atoms with van der Waals surface area (Å²) >= 11 is 1.48. The molecule has 9 heteroatoms. The van der Waals surface area contributed by atoms with Gasteiger partial charge in [-0.25, -0.2) is 4.68 Å². The fourth-order valence-electron chi connectivity index (χ4n) is 2.96. The summed E-state index contributed by atoms with van der Waals surface area (Å²) in [6.45, 7) is 0. The molecule has 0 bridgehead atoms. The van der Waals surface area contributed by atoms with Gasteiger partial charge in [0.2, 0.25) is 17.0 Å². The molecule has 2 aromatic carbocycles. The first-order valence-electron chi connectivity index (χ1n) is 9.00. The lowest BCUT2D eigenvalue weighted by Gasteiger charge is -2.10. The van der Waals surface area contributed by atoms with Crippen LogP contribution in [0.1, 0.15) is 18.0 Å². The van der Waals surface area contributed by atoms with Gasteiger partial charge in [-0.2, -0.15) is 4.98 Å². The Bertz CT molecular complexity index is 1040. The van der Waals surface area contributed by atoms with Crippen LogP contribution >= 0.6 is 11.8 Å². The molecule has 8 nitrogen and oxygen atoms in total. The van der Waals surface area contributed by atoms with Gasteiger partial charge >= 0.3 is 0 Å². The molecule has 1 aromatic heterocycles. The van der Waals surface area contributed by atoms with Crippen molar-refractivity contribution in [2.45, 2.75) is 23.4 Å². The topological polar surface area (TPSA) is 98.1 Å². The van der Waals surface area contributed by atoms with Crippen molar-refractivity contribution < 1.29 is 14.3 Å². The van der Waals surface area contributed by atoms with Crippen molar-refractivity contribution in [3.8, 4) is 5.75 Å². The molecule has 0 unspecified atom stereocenters. The van der Waals surface area contributed by atoms with Crippen molar-refractivity contribution in [1.29, 1.82) is 0 Å². The molecule has 29 heavy (non-hydrogen) atoms. The molecular formula is C20H19N5O3S. The highest BCUT2D eigenvalue weighted by Gasteiger charge is 2.35. The maximum absolute atomic E-state index is 12.4. The first-order chi connectivity index (χ1) is 14.1. The molecule has 1 aliphatic heterocycles. The van der Waals surface area contributed by atoms with Gasteiger partial charge in [-0.15, -0.1) is 5.10 Å². The minimum absolute atomic E-state index is 0.0395. The Balaban J connectivity index is 1.41. The maximum Gasteiger partial charge on any atom is 0.252 e. The van der Waals surface area contributed by atoms with E-state index in [0.29, 0.717) is 22.5 Å². The number of hydrogen-bond acceptors (Lipinski definition) is 6. The van der Waals surface area contributed by atoms with Gasteiger partial charge in [-0.1, -0.05) is 48.2 Å². The number of hydrogen-bond donors (Lipinski definition) is 2. The first kappa shape index (κ1) is 19.0. The molecular weight excluding hydrogens is 390 g/mol. The molecule has 4 rings (SSSR count). The zero-order valence-corrected chi connectivity index (χ0v) is 16.5. The van der Waals surface area contributed by atoms with Crippen LogP contribution in [0.5, 0.6) is 5.75 Å². The molecule has 1 aliphatic rings. The molecule has 3 aromatic rings.